The normalized spacial score (nSPS) is 14.1. The standard InChI is InChI=1S/C15H19NO3/c1-2-3-6-10-19-11-9-16-14(17)12-7-4-5-8-13(12)15(16)18/h4-5,7-8H,2-3,6,9-11H2,1H3. The van der Waals surface area contributed by atoms with Crippen LogP contribution in [-0.4, -0.2) is 36.5 Å². The summed E-state index contributed by atoms with van der Waals surface area (Å²) in [6.07, 6.45) is 3.33. The van der Waals surface area contributed by atoms with E-state index >= 15 is 0 Å². The lowest BCUT2D eigenvalue weighted by molar-refractivity contribution is 0.0560. The minimum atomic E-state index is -0.210. The number of amides is 2. The fourth-order valence-electron chi connectivity index (χ4n) is 2.15. The molecule has 0 bridgehead atoms. The number of benzene rings is 1. The number of carbonyl (C=O) groups is 2. The number of unbranched alkanes of at least 4 members (excludes halogenated alkanes) is 2. The van der Waals surface area contributed by atoms with Crippen LogP contribution in [0.1, 0.15) is 46.9 Å². The first kappa shape index (κ1) is 13.7. The molecule has 0 aromatic heterocycles. The average molecular weight is 261 g/mol. The summed E-state index contributed by atoms with van der Waals surface area (Å²) < 4.78 is 5.45. The van der Waals surface area contributed by atoms with Crippen LogP contribution in [0, 0.1) is 0 Å². The maximum atomic E-state index is 12.0. The van der Waals surface area contributed by atoms with E-state index < -0.39 is 0 Å². The minimum absolute atomic E-state index is 0.210. The van der Waals surface area contributed by atoms with Crippen LogP contribution in [-0.2, 0) is 4.74 Å². The molecule has 1 aromatic carbocycles. The van der Waals surface area contributed by atoms with E-state index in [1.54, 1.807) is 24.3 Å². The highest BCUT2D eigenvalue weighted by Crippen LogP contribution is 2.21. The van der Waals surface area contributed by atoms with Crippen molar-refractivity contribution < 1.29 is 14.3 Å². The van der Waals surface area contributed by atoms with Crippen molar-refractivity contribution in [1.29, 1.82) is 0 Å². The Hall–Kier alpha value is -1.68. The Morgan fingerprint density at radius 1 is 1.00 bits per heavy atom. The quantitative estimate of drug-likeness (QED) is 0.559. The number of hydrogen-bond donors (Lipinski definition) is 0. The van der Waals surface area contributed by atoms with Gasteiger partial charge >= 0.3 is 0 Å². The molecular formula is C15H19NO3. The van der Waals surface area contributed by atoms with E-state index in [9.17, 15) is 9.59 Å². The highest BCUT2D eigenvalue weighted by Gasteiger charge is 2.34. The van der Waals surface area contributed by atoms with E-state index in [-0.39, 0.29) is 11.8 Å². The highest BCUT2D eigenvalue weighted by molar-refractivity contribution is 6.21. The Balaban J connectivity index is 1.83. The molecule has 0 saturated carbocycles. The Bertz CT molecular complexity index is 435. The number of rotatable bonds is 7. The molecule has 0 fully saturated rings. The first-order chi connectivity index (χ1) is 9.25. The third kappa shape index (κ3) is 3.01. The Morgan fingerprint density at radius 2 is 1.63 bits per heavy atom. The topological polar surface area (TPSA) is 46.6 Å². The second-order valence-electron chi connectivity index (χ2n) is 4.63. The molecule has 1 aliphatic rings. The van der Waals surface area contributed by atoms with Gasteiger partial charge in [0, 0.05) is 6.61 Å². The molecule has 0 atom stereocenters. The zero-order chi connectivity index (χ0) is 13.7. The van der Waals surface area contributed by atoms with Crippen LogP contribution in [0.3, 0.4) is 0 Å². The first-order valence-electron chi connectivity index (χ1n) is 6.78. The summed E-state index contributed by atoms with van der Waals surface area (Å²) in [6, 6.07) is 6.93. The molecule has 0 saturated heterocycles. The number of carbonyl (C=O) groups excluding carboxylic acids is 2. The van der Waals surface area contributed by atoms with E-state index in [0.29, 0.717) is 30.9 Å². The molecule has 4 heteroatoms. The van der Waals surface area contributed by atoms with Crippen molar-refractivity contribution in [2.75, 3.05) is 19.8 Å². The lowest BCUT2D eigenvalue weighted by Crippen LogP contribution is -2.33. The third-order valence-electron chi connectivity index (χ3n) is 3.23. The molecule has 0 radical (unpaired) electrons. The Kier molecular flexibility index (Phi) is 4.68. The summed E-state index contributed by atoms with van der Waals surface area (Å²) in [5.74, 6) is -0.421. The summed E-state index contributed by atoms with van der Waals surface area (Å²) in [4.78, 5) is 25.3. The first-order valence-corrected chi connectivity index (χ1v) is 6.78. The average Bonchev–Trinajstić information content (AvgIpc) is 2.68. The molecule has 102 valence electrons. The van der Waals surface area contributed by atoms with Gasteiger partial charge in [-0.15, -0.1) is 0 Å². The summed E-state index contributed by atoms with van der Waals surface area (Å²) >= 11 is 0. The monoisotopic (exact) mass is 261 g/mol. The van der Waals surface area contributed by atoms with Crippen molar-refractivity contribution in [3.05, 3.63) is 35.4 Å². The smallest absolute Gasteiger partial charge is 0.261 e. The number of imide groups is 1. The molecule has 2 rings (SSSR count). The van der Waals surface area contributed by atoms with Gasteiger partial charge in [-0.2, -0.15) is 0 Å². The zero-order valence-corrected chi connectivity index (χ0v) is 11.2. The van der Waals surface area contributed by atoms with Gasteiger partial charge in [-0.1, -0.05) is 31.9 Å². The summed E-state index contributed by atoms with van der Waals surface area (Å²) in [5, 5.41) is 0. The van der Waals surface area contributed by atoms with Gasteiger partial charge in [0.2, 0.25) is 0 Å². The maximum Gasteiger partial charge on any atom is 0.261 e. The number of hydrogen-bond acceptors (Lipinski definition) is 3. The van der Waals surface area contributed by atoms with Crippen LogP contribution < -0.4 is 0 Å². The Labute approximate surface area is 113 Å². The molecule has 1 heterocycles. The zero-order valence-electron chi connectivity index (χ0n) is 11.2. The van der Waals surface area contributed by atoms with Crippen molar-refractivity contribution in [3.63, 3.8) is 0 Å². The van der Waals surface area contributed by atoms with Crippen LogP contribution in [0.4, 0.5) is 0 Å². The lowest BCUT2D eigenvalue weighted by Gasteiger charge is -2.13. The van der Waals surface area contributed by atoms with Crippen molar-refractivity contribution in [1.82, 2.24) is 4.90 Å². The molecule has 1 aromatic rings. The van der Waals surface area contributed by atoms with Crippen molar-refractivity contribution in [2.45, 2.75) is 26.2 Å². The van der Waals surface area contributed by atoms with Crippen LogP contribution in [0.2, 0.25) is 0 Å². The molecular weight excluding hydrogens is 242 g/mol. The van der Waals surface area contributed by atoms with Crippen LogP contribution in [0.15, 0.2) is 24.3 Å². The van der Waals surface area contributed by atoms with E-state index in [2.05, 4.69) is 6.92 Å². The van der Waals surface area contributed by atoms with Crippen molar-refractivity contribution in [3.8, 4) is 0 Å². The molecule has 1 aliphatic heterocycles. The van der Waals surface area contributed by atoms with Gasteiger partial charge in [0.05, 0.1) is 24.3 Å². The summed E-state index contributed by atoms with van der Waals surface area (Å²) in [6.45, 7) is 3.57. The predicted octanol–water partition coefficient (Wildman–Crippen LogP) is 2.49. The van der Waals surface area contributed by atoms with Gasteiger partial charge in [-0.3, -0.25) is 14.5 Å². The SMILES string of the molecule is CCCCCOCCN1C(=O)c2ccccc2C1=O. The molecule has 0 aliphatic carbocycles. The van der Waals surface area contributed by atoms with E-state index in [1.165, 1.54) is 4.90 Å². The van der Waals surface area contributed by atoms with Crippen LogP contribution in [0.25, 0.3) is 0 Å². The number of ether oxygens (including phenoxy) is 1. The lowest BCUT2D eigenvalue weighted by atomic mass is 10.1. The fourth-order valence-corrected chi connectivity index (χ4v) is 2.15. The largest absolute Gasteiger partial charge is 0.380 e. The number of nitrogens with zero attached hydrogens (tertiary/aromatic N) is 1. The van der Waals surface area contributed by atoms with Crippen LogP contribution in [0.5, 0.6) is 0 Å². The Morgan fingerprint density at radius 3 is 2.21 bits per heavy atom. The second-order valence-corrected chi connectivity index (χ2v) is 4.63. The maximum absolute atomic E-state index is 12.0. The van der Waals surface area contributed by atoms with Gasteiger partial charge in [0.25, 0.3) is 11.8 Å². The summed E-state index contributed by atoms with van der Waals surface area (Å²) in [7, 11) is 0. The molecule has 19 heavy (non-hydrogen) atoms. The van der Waals surface area contributed by atoms with Gasteiger partial charge in [0.15, 0.2) is 0 Å². The fraction of sp³-hybridized carbons (Fsp3) is 0.467. The molecule has 2 amide bonds. The predicted molar refractivity (Wildman–Crippen MR) is 72.2 cm³/mol. The molecule has 0 N–H and O–H groups in total. The molecule has 0 unspecified atom stereocenters. The second kappa shape index (κ2) is 6.48. The van der Waals surface area contributed by atoms with E-state index in [1.807, 2.05) is 0 Å². The summed E-state index contributed by atoms with van der Waals surface area (Å²) in [5.41, 5.74) is 0.997. The van der Waals surface area contributed by atoms with Crippen molar-refractivity contribution in [2.24, 2.45) is 0 Å². The number of fused-ring (bicyclic) bond motifs is 1. The van der Waals surface area contributed by atoms with Gasteiger partial charge in [-0.25, -0.2) is 0 Å². The molecule has 0 spiro atoms. The van der Waals surface area contributed by atoms with Gasteiger partial charge in [-0.05, 0) is 18.6 Å². The van der Waals surface area contributed by atoms with Crippen molar-refractivity contribution >= 4 is 11.8 Å². The van der Waals surface area contributed by atoms with Crippen LogP contribution >= 0.6 is 0 Å². The van der Waals surface area contributed by atoms with E-state index in [4.69, 9.17) is 4.74 Å². The third-order valence-corrected chi connectivity index (χ3v) is 3.23. The van der Waals surface area contributed by atoms with E-state index in [0.717, 1.165) is 19.3 Å². The van der Waals surface area contributed by atoms with Gasteiger partial charge in [0.1, 0.15) is 0 Å². The molecule has 4 nitrogen and oxygen atoms in total. The highest BCUT2D eigenvalue weighted by atomic mass is 16.5. The van der Waals surface area contributed by atoms with Gasteiger partial charge < -0.3 is 4.74 Å². The minimum Gasteiger partial charge on any atom is -0.380 e.